The number of benzene rings is 1. The number of morpholine rings is 1. The van der Waals surface area contributed by atoms with Crippen LogP contribution in [0.4, 0.5) is 20.3 Å². The van der Waals surface area contributed by atoms with Gasteiger partial charge in [0.25, 0.3) is 11.8 Å². The van der Waals surface area contributed by atoms with Gasteiger partial charge in [-0.05, 0) is 47.9 Å². The number of carbonyl (C=O) groups excluding carboxylic acids is 1. The van der Waals surface area contributed by atoms with Gasteiger partial charge in [0.05, 0.1) is 26.0 Å². The fourth-order valence-electron chi connectivity index (χ4n) is 3.75. The molecule has 0 radical (unpaired) electrons. The van der Waals surface area contributed by atoms with Crippen LogP contribution in [0, 0.1) is 6.92 Å². The molecule has 0 bridgehead atoms. The van der Waals surface area contributed by atoms with E-state index in [1.54, 1.807) is 18.2 Å². The second kappa shape index (κ2) is 10.9. The quantitative estimate of drug-likeness (QED) is 0.485. The van der Waals surface area contributed by atoms with Gasteiger partial charge in [0.15, 0.2) is 5.69 Å². The van der Waals surface area contributed by atoms with Gasteiger partial charge in [0.1, 0.15) is 12.4 Å². The fourth-order valence-corrected chi connectivity index (χ4v) is 3.75. The number of aryl methyl sites for hydroxylation is 1. The highest BCUT2D eigenvalue weighted by atomic mass is 19.3. The van der Waals surface area contributed by atoms with Crippen molar-refractivity contribution in [3.8, 4) is 17.0 Å². The van der Waals surface area contributed by atoms with E-state index >= 15 is 0 Å². The Balaban J connectivity index is 1.64. The molecule has 1 aliphatic heterocycles. The number of alkyl halides is 2. The van der Waals surface area contributed by atoms with Crippen LogP contribution in [0.15, 0.2) is 42.6 Å². The summed E-state index contributed by atoms with van der Waals surface area (Å²) >= 11 is 0. The molecule has 0 saturated carbocycles. The topological polar surface area (TPSA) is 110 Å². The monoisotopic (exact) mass is 499 g/mol. The zero-order valence-electron chi connectivity index (χ0n) is 20.0. The van der Waals surface area contributed by atoms with Crippen LogP contribution in [0.1, 0.15) is 28.5 Å². The predicted molar refractivity (Wildman–Crippen MR) is 130 cm³/mol. The molecule has 1 amide bonds. The number of aliphatic hydroxyl groups excluding tert-OH is 1. The van der Waals surface area contributed by atoms with Crippen molar-refractivity contribution in [2.24, 2.45) is 0 Å². The predicted octanol–water partition coefficient (Wildman–Crippen LogP) is 3.42. The molecule has 4 rings (SSSR count). The van der Waals surface area contributed by atoms with Crippen LogP contribution < -0.4 is 15.0 Å². The molecule has 0 atom stereocenters. The molecule has 1 saturated heterocycles. The second-order valence-corrected chi connectivity index (χ2v) is 8.43. The summed E-state index contributed by atoms with van der Waals surface area (Å²) in [6, 6.07) is 10.1. The zero-order chi connectivity index (χ0) is 25.7. The van der Waals surface area contributed by atoms with Gasteiger partial charge in [-0.2, -0.15) is 10.1 Å². The SMILES string of the molecule is Cc1ccc(NC(=O)c2cc(C(C)(F)F)cnn2)cc1-c1cc(OCCO)nc(N2CCOCC2)c1. The minimum Gasteiger partial charge on any atom is -0.475 e. The average molecular weight is 500 g/mol. The highest BCUT2D eigenvalue weighted by molar-refractivity contribution is 6.03. The van der Waals surface area contributed by atoms with Crippen LogP contribution in [0.25, 0.3) is 11.1 Å². The minimum absolute atomic E-state index is 0.102. The third-order valence-corrected chi connectivity index (χ3v) is 5.67. The summed E-state index contributed by atoms with van der Waals surface area (Å²) in [5.41, 5.74) is 2.41. The summed E-state index contributed by atoms with van der Waals surface area (Å²) in [6.45, 7) is 5.17. The van der Waals surface area contributed by atoms with E-state index in [2.05, 4.69) is 25.4 Å². The van der Waals surface area contributed by atoms with Crippen molar-refractivity contribution in [3.63, 3.8) is 0 Å². The van der Waals surface area contributed by atoms with E-state index in [0.29, 0.717) is 43.7 Å². The van der Waals surface area contributed by atoms with Gasteiger partial charge in [-0.25, -0.2) is 8.78 Å². The number of nitrogens with one attached hydrogen (secondary N) is 1. The molecule has 9 nitrogen and oxygen atoms in total. The normalized spacial score (nSPS) is 14.0. The first-order chi connectivity index (χ1) is 17.2. The molecular weight excluding hydrogens is 472 g/mol. The number of rotatable bonds is 8. The van der Waals surface area contributed by atoms with Crippen LogP contribution in [0.2, 0.25) is 0 Å². The van der Waals surface area contributed by atoms with Gasteiger partial charge in [-0.3, -0.25) is 4.79 Å². The average Bonchev–Trinajstić information content (AvgIpc) is 2.88. The van der Waals surface area contributed by atoms with E-state index in [-0.39, 0.29) is 18.9 Å². The highest BCUT2D eigenvalue weighted by Crippen LogP contribution is 2.32. The van der Waals surface area contributed by atoms with Crippen LogP contribution in [0.3, 0.4) is 0 Å². The highest BCUT2D eigenvalue weighted by Gasteiger charge is 2.26. The number of halogens is 2. The van der Waals surface area contributed by atoms with Crippen molar-refractivity contribution in [2.75, 3.05) is 49.7 Å². The third kappa shape index (κ3) is 6.10. The summed E-state index contributed by atoms with van der Waals surface area (Å²) in [5, 5.41) is 19.1. The van der Waals surface area contributed by atoms with E-state index in [1.807, 2.05) is 19.1 Å². The number of aromatic nitrogens is 3. The lowest BCUT2D eigenvalue weighted by atomic mass is 10.00. The van der Waals surface area contributed by atoms with Crippen LogP contribution in [-0.2, 0) is 10.7 Å². The van der Waals surface area contributed by atoms with Gasteiger partial charge in [-0.15, -0.1) is 5.10 Å². The molecule has 11 heteroatoms. The lowest BCUT2D eigenvalue weighted by Gasteiger charge is -2.28. The number of hydrogen-bond donors (Lipinski definition) is 2. The Morgan fingerprint density at radius 2 is 2.00 bits per heavy atom. The summed E-state index contributed by atoms with van der Waals surface area (Å²) in [4.78, 5) is 19.4. The summed E-state index contributed by atoms with van der Waals surface area (Å²) in [5.74, 6) is -2.72. The third-order valence-electron chi connectivity index (χ3n) is 5.67. The Kier molecular flexibility index (Phi) is 7.70. The molecule has 1 aliphatic rings. The maximum Gasteiger partial charge on any atom is 0.276 e. The van der Waals surface area contributed by atoms with E-state index in [4.69, 9.17) is 9.47 Å². The summed E-state index contributed by atoms with van der Waals surface area (Å²) in [6.07, 6.45) is 0.937. The van der Waals surface area contributed by atoms with E-state index < -0.39 is 17.4 Å². The largest absolute Gasteiger partial charge is 0.475 e. The molecule has 36 heavy (non-hydrogen) atoms. The van der Waals surface area contributed by atoms with E-state index in [9.17, 15) is 18.7 Å². The molecule has 2 N–H and O–H groups in total. The van der Waals surface area contributed by atoms with Crippen LogP contribution in [0.5, 0.6) is 5.88 Å². The summed E-state index contributed by atoms with van der Waals surface area (Å²) < 4.78 is 38.4. The molecule has 1 fully saturated rings. The number of hydrogen-bond acceptors (Lipinski definition) is 8. The summed E-state index contributed by atoms with van der Waals surface area (Å²) in [7, 11) is 0. The van der Waals surface area contributed by atoms with Crippen LogP contribution in [-0.4, -0.2) is 65.7 Å². The number of ether oxygens (including phenoxy) is 2. The van der Waals surface area contributed by atoms with Crippen molar-refractivity contribution in [2.45, 2.75) is 19.8 Å². The van der Waals surface area contributed by atoms with Crippen molar-refractivity contribution >= 4 is 17.4 Å². The molecule has 2 aromatic heterocycles. The second-order valence-electron chi connectivity index (χ2n) is 8.43. The smallest absolute Gasteiger partial charge is 0.276 e. The molecular formula is C25H27F2N5O4. The van der Waals surface area contributed by atoms with Gasteiger partial charge in [0, 0.05) is 37.3 Å². The number of carbonyl (C=O) groups is 1. The van der Waals surface area contributed by atoms with Gasteiger partial charge < -0.3 is 24.8 Å². The maximum absolute atomic E-state index is 13.6. The number of nitrogens with zero attached hydrogens (tertiary/aromatic N) is 4. The Bertz CT molecular complexity index is 1230. The first kappa shape index (κ1) is 25.4. The lowest BCUT2D eigenvalue weighted by Crippen LogP contribution is -2.36. The van der Waals surface area contributed by atoms with E-state index in [0.717, 1.165) is 35.9 Å². The van der Waals surface area contributed by atoms with E-state index in [1.165, 1.54) is 0 Å². The van der Waals surface area contributed by atoms with Gasteiger partial charge in [-0.1, -0.05) is 6.07 Å². The zero-order valence-corrected chi connectivity index (χ0v) is 20.0. The number of aliphatic hydroxyl groups is 1. The Morgan fingerprint density at radius 3 is 2.72 bits per heavy atom. The van der Waals surface area contributed by atoms with Crippen molar-refractivity contribution in [3.05, 3.63) is 59.4 Å². The first-order valence-electron chi connectivity index (χ1n) is 11.5. The Morgan fingerprint density at radius 1 is 1.22 bits per heavy atom. The Hall–Kier alpha value is -3.70. The fraction of sp³-hybridized carbons (Fsp3) is 0.360. The van der Waals surface area contributed by atoms with Gasteiger partial charge in [0.2, 0.25) is 5.88 Å². The standard InChI is InChI=1S/C25H27F2N5O4/c1-16-3-4-19(29-24(34)21-13-18(15-28-31-21)25(2,26)27)14-20(16)17-11-22(32-5-8-35-9-6-32)30-23(12-17)36-10-7-33/h3-4,11-15,33H,5-10H2,1-2H3,(H,29,34). The lowest BCUT2D eigenvalue weighted by molar-refractivity contribution is 0.0169. The number of amides is 1. The number of anilines is 2. The minimum atomic E-state index is -3.14. The van der Waals surface area contributed by atoms with Crippen molar-refractivity contribution in [1.29, 1.82) is 0 Å². The first-order valence-corrected chi connectivity index (χ1v) is 11.5. The molecule has 3 heterocycles. The molecule has 0 unspecified atom stereocenters. The molecule has 190 valence electrons. The maximum atomic E-state index is 13.6. The Labute approximate surface area is 207 Å². The molecule has 1 aromatic carbocycles. The molecule has 3 aromatic rings. The van der Waals surface area contributed by atoms with Crippen molar-refractivity contribution in [1.82, 2.24) is 15.2 Å². The number of pyridine rings is 1. The van der Waals surface area contributed by atoms with Crippen LogP contribution >= 0.6 is 0 Å². The van der Waals surface area contributed by atoms with Crippen molar-refractivity contribution < 1.29 is 28.2 Å². The molecule has 0 aliphatic carbocycles. The van der Waals surface area contributed by atoms with Gasteiger partial charge >= 0.3 is 0 Å². The molecule has 0 spiro atoms.